The Hall–Kier alpha value is -1.27. The lowest BCUT2D eigenvalue weighted by atomic mass is 9.81. The zero-order chi connectivity index (χ0) is 19.2. The third kappa shape index (κ3) is 3.22. The number of aliphatic hydroxyl groups is 5. The van der Waals surface area contributed by atoms with Crippen LogP contribution in [-0.2, 0) is 19.0 Å². The predicted molar refractivity (Wildman–Crippen MR) is 82.3 cm³/mol. The average Bonchev–Trinajstić information content (AvgIpc) is 2.91. The molecule has 1 aliphatic carbocycles. The van der Waals surface area contributed by atoms with Gasteiger partial charge in [0.05, 0.1) is 30.0 Å². The molecule has 2 fully saturated rings. The number of carboxylic acids is 1. The molecule has 0 amide bonds. The van der Waals surface area contributed by atoms with Crippen molar-refractivity contribution in [1.82, 2.24) is 0 Å². The summed E-state index contributed by atoms with van der Waals surface area (Å²) in [7, 11) is 0. The quantitative estimate of drug-likeness (QED) is 0.320. The second kappa shape index (κ2) is 7.04. The first-order valence-electron chi connectivity index (χ1n) is 8.44. The Bertz CT molecular complexity index is 573. The molecule has 6 N–H and O–H groups in total. The molecule has 0 radical (unpaired) electrons. The van der Waals surface area contributed by atoms with E-state index in [1.54, 1.807) is 6.92 Å². The number of fused-ring (bicyclic) bond motifs is 1. The Kier molecular flexibility index (Phi) is 5.28. The Morgan fingerprint density at radius 3 is 2.58 bits per heavy atom. The zero-order valence-corrected chi connectivity index (χ0v) is 14.1. The second-order valence-corrected chi connectivity index (χ2v) is 7.24. The molecule has 148 valence electrons. The molecule has 0 unspecified atom stereocenters. The van der Waals surface area contributed by atoms with Gasteiger partial charge in [-0.25, -0.2) is 4.79 Å². The maximum atomic E-state index is 11.4. The molecule has 10 nitrogen and oxygen atoms in total. The van der Waals surface area contributed by atoms with Crippen LogP contribution in [0.1, 0.15) is 19.8 Å². The minimum atomic E-state index is -1.62. The van der Waals surface area contributed by atoms with E-state index in [0.717, 1.165) is 6.26 Å². The molecular formula is C16H24O10. The minimum Gasteiger partial charge on any atom is -0.478 e. The summed E-state index contributed by atoms with van der Waals surface area (Å²) < 4.78 is 16.3. The van der Waals surface area contributed by atoms with Gasteiger partial charge < -0.3 is 44.8 Å². The van der Waals surface area contributed by atoms with E-state index in [9.17, 15) is 35.4 Å². The topological polar surface area (TPSA) is 166 Å². The van der Waals surface area contributed by atoms with Crippen LogP contribution in [-0.4, -0.2) is 85.8 Å². The van der Waals surface area contributed by atoms with Crippen LogP contribution in [0.15, 0.2) is 11.8 Å². The van der Waals surface area contributed by atoms with Gasteiger partial charge in [-0.15, -0.1) is 0 Å². The smallest absolute Gasteiger partial charge is 0.334 e. The van der Waals surface area contributed by atoms with E-state index >= 15 is 0 Å². The highest BCUT2D eigenvalue weighted by Gasteiger charge is 2.55. The largest absolute Gasteiger partial charge is 0.478 e. The van der Waals surface area contributed by atoms with E-state index in [2.05, 4.69) is 0 Å². The molecule has 2 aliphatic heterocycles. The van der Waals surface area contributed by atoms with Crippen LogP contribution in [0, 0.1) is 11.8 Å². The highest BCUT2D eigenvalue weighted by atomic mass is 16.8. The number of rotatable bonds is 4. The van der Waals surface area contributed by atoms with Gasteiger partial charge in [-0.05, 0) is 19.8 Å². The average molecular weight is 376 g/mol. The molecule has 1 saturated heterocycles. The van der Waals surface area contributed by atoms with E-state index in [1.165, 1.54) is 0 Å². The van der Waals surface area contributed by atoms with Crippen LogP contribution in [0.4, 0.5) is 0 Å². The Morgan fingerprint density at radius 2 is 1.96 bits per heavy atom. The number of carbonyl (C=O) groups is 1. The zero-order valence-electron chi connectivity index (χ0n) is 14.1. The summed E-state index contributed by atoms with van der Waals surface area (Å²) in [5.41, 5.74) is -1.24. The Labute approximate surface area is 149 Å². The maximum absolute atomic E-state index is 11.4. The fourth-order valence-corrected chi connectivity index (χ4v) is 4.01. The maximum Gasteiger partial charge on any atom is 0.334 e. The Balaban J connectivity index is 1.81. The van der Waals surface area contributed by atoms with E-state index in [4.69, 9.17) is 14.2 Å². The number of ether oxygens (including phenoxy) is 3. The van der Waals surface area contributed by atoms with E-state index in [-0.39, 0.29) is 5.57 Å². The van der Waals surface area contributed by atoms with Crippen LogP contribution >= 0.6 is 0 Å². The van der Waals surface area contributed by atoms with E-state index in [1.807, 2.05) is 0 Å². The second-order valence-electron chi connectivity index (χ2n) is 7.24. The van der Waals surface area contributed by atoms with Crippen LogP contribution in [0.3, 0.4) is 0 Å². The summed E-state index contributed by atoms with van der Waals surface area (Å²) in [6, 6.07) is 0. The van der Waals surface area contributed by atoms with Crippen molar-refractivity contribution in [1.29, 1.82) is 0 Å². The first-order chi connectivity index (χ1) is 12.2. The van der Waals surface area contributed by atoms with Crippen molar-refractivity contribution < 1.29 is 49.6 Å². The number of carboxylic acid groups (broad SMARTS) is 1. The number of hydrogen-bond donors (Lipinski definition) is 6. The molecule has 0 aromatic rings. The lowest BCUT2D eigenvalue weighted by molar-refractivity contribution is -0.346. The molecule has 0 aromatic heterocycles. The molecule has 3 aliphatic rings. The van der Waals surface area contributed by atoms with Crippen molar-refractivity contribution in [2.45, 2.75) is 62.4 Å². The summed E-state index contributed by atoms with van der Waals surface area (Å²) in [5.74, 6) is -2.39. The van der Waals surface area contributed by atoms with Gasteiger partial charge >= 0.3 is 5.97 Å². The monoisotopic (exact) mass is 376 g/mol. The summed E-state index contributed by atoms with van der Waals surface area (Å²) in [4.78, 5) is 11.4. The molecule has 2 heterocycles. The van der Waals surface area contributed by atoms with Crippen molar-refractivity contribution >= 4 is 5.97 Å². The normalized spacial score (nSPS) is 48.5. The number of aliphatic hydroxyl groups excluding tert-OH is 4. The first-order valence-corrected chi connectivity index (χ1v) is 8.44. The van der Waals surface area contributed by atoms with Crippen LogP contribution in [0.2, 0.25) is 0 Å². The lowest BCUT2D eigenvalue weighted by Gasteiger charge is -2.44. The molecule has 10 heteroatoms. The lowest BCUT2D eigenvalue weighted by Crippen LogP contribution is -2.60. The summed E-state index contributed by atoms with van der Waals surface area (Å²) in [6.45, 7) is 0.943. The number of aliphatic carboxylic acids is 1. The van der Waals surface area contributed by atoms with Gasteiger partial charge in [-0.3, -0.25) is 0 Å². The highest BCUT2D eigenvalue weighted by molar-refractivity contribution is 5.87. The predicted octanol–water partition coefficient (Wildman–Crippen LogP) is -2.10. The van der Waals surface area contributed by atoms with Crippen molar-refractivity contribution in [3.63, 3.8) is 0 Å². The van der Waals surface area contributed by atoms with Gasteiger partial charge in [0.2, 0.25) is 6.29 Å². The molecule has 1 saturated carbocycles. The SMILES string of the molecule is C[C@]1(O)CC[C@@H]2C(C(=O)O)=CO[C@@H](O[C@@H]3O[C@H](CO)[C@@H](O)[C@H](O)[C@H]3O)[C@H]21. The summed E-state index contributed by atoms with van der Waals surface area (Å²) >= 11 is 0. The van der Waals surface area contributed by atoms with Crippen molar-refractivity contribution in [2.75, 3.05) is 6.61 Å². The Morgan fingerprint density at radius 1 is 1.27 bits per heavy atom. The van der Waals surface area contributed by atoms with Crippen LogP contribution < -0.4 is 0 Å². The third-order valence-corrected chi connectivity index (χ3v) is 5.50. The first kappa shape index (κ1) is 19.5. The molecule has 0 bridgehead atoms. The van der Waals surface area contributed by atoms with Crippen LogP contribution in [0.5, 0.6) is 0 Å². The molecule has 9 atom stereocenters. The van der Waals surface area contributed by atoms with Gasteiger partial charge in [0.1, 0.15) is 24.4 Å². The number of hydrogen-bond acceptors (Lipinski definition) is 9. The molecular weight excluding hydrogens is 352 g/mol. The molecule has 3 rings (SSSR count). The van der Waals surface area contributed by atoms with Crippen molar-refractivity contribution in [3.05, 3.63) is 11.8 Å². The fraction of sp³-hybridized carbons (Fsp3) is 0.812. The van der Waals surface area contributed by atoms with Gasteiger partial charge in [0, 0.05) is 5.92 Å². The minimum absolute atomic E-state index is 0.0291. The van der Waals surface area contributed by atoms with Crippen molar-refractivity contribution in [3.8, 4) is 0 Å². The summed E-state index contributed by atoms with van der Waals surface area (Å²) in [6.07, 6.45) is -6.66. The summed E-state index contributed by atoms with van der Waals surface area (Å²) in [5, 5.41) is 58.9. The standard InChI is InChI=1S/C16H24O10/c1-16(23)3-2-6-7(13(21)22)5-24-14(9(6)16)26-15-12(20)11(19)10(18)8(4-17)25-15/h5-6,8-12,14-15,17-20,23H,2-4H2,1H3,(H,21,22)/t6-,8-,9+,10-,11+,12-,14+,15+,16+/m1/s1. The highest BCUT2D eigenvalue weighted by Crippen LogP contribution is 2.49. The molecule has 26 heavy (non-hydrogen) atoms. The molecule has 0 spiro atoms. The van der Waals surface area contributed by atoms with Gasteiger partial charge in [-0.2, -0.15) is 0 Å². The van der Waals surface area contributed by atoms with Gasteiger partial charge in [0.15, 0.2) is 6.29 Å². The van der Waals surface area contributed by atoms with E-state index in [0.29, 0.717) is 12.8 Å². The van der Waals surface area contributed by atoms with E-state index < -0.39 is 67.0 Å². The molecule has 0 aromatic carbocycles. The third-order valence-electron chi connectivity index (χ3n) is 5.50. The van der Waals surface area contributed by atoms with Crippen molar-refractivity contribution in [2.24, 2.45) is 11.8 Å². The fourth-order valence-electron chi connectivity index (χ4n) is 4.01. The van der Waals surface area contributed by atoms with Crippen LogP contribution in [0.25, 0.3) is 0 Å². The van der Waals surface area contributed by atoms with Gasteiger partial charge in [-0.1, -0.05) is 0 Å². The van der Waals surface area contributed by atoms with Gasteiger partial charge in [0.25, 0.3) is 0 Å².